The third kappa shape index (κ3) is 3.19. The van der Waals surface area contributed by atoms with E-state index in [1.54, 1.807) is 0 Å². The van der Waals surface area contributed by atoms with Crippen LogP contribution in [0.1, 0.15) is 44.7 Å². The molecule has 1 aromatic carbocycles. The Hall–Kier alpha value is -1.35. The summed E-state index contributed by atoms with van der Waals surface area (Å²) >= 11 is 0. The number of amides is 1. The molecule has 1 saturated carbocycles. The summed E-state index contributed by atoms with van der Waals surface area (Å²) in [6, 6.07) is 10.6. The predicted octanol–water partition coefficient (Wildman–Crippen LogP) is 3.23. The zero-order chi connectivity index (χ0) is 15.5. The molecule has 2 fully saturated rings. The fraction of sp³-hybridized carbons (Fsp3) is 0.632. The number of hydrogen-bond acceptors (Lipinski definition) is 2. The molecule has 2 unspecified atom stereocenters. The first-order valence-electron chi connectivity index (χ1n) is 8.73. The Kier molecular flexibility index (Phi) is 4.82. The van der Waals surface area contributed by atoms with Crippen molar-refractivity contribution in [3.8, 4) is 0 Å². The Morgan fingerprint density at radius 1 is 1.23 bits per heavy atom. The van der Waals surface area contributed by atoms with Crippen LogP contribution in [0, 0.1) is 17.8 Å². The van der Waals surface area contributed by atoms with Crippen molar-refractivity contribution in [3.63, 3.8) is 0 Å². The van der Waals surface area contributed by atoms with Gasteiger partial charge in [0.2, 0.25) is 5.91 Å². The molecule has 22 heavy (non-hydrogen) atoms. The number of hydrogen-bond donors (Lipinski definition) is 1. The lowest BCUT2D eigenvalue weighted by molar-refractivity contribution is -0.141. The lowest BCUT2D eigenvalue weighted by Crippen LogP contribution is -2.51. The van der Waals surface area contributed by atoms with Gasteiger partial charge in [-0.3, -0.25) is 4.79 Å². The number of nitrogens with one attached hydrogen (secondary N) is 1. The van der Waals surface area contributed by atoms with Gasteiger partial charge in [0.1, 0.15) is 0 Å². The molecule has 1 heterocycles. The normalized spacial score (nSPS) is 21.5. The molecule has 0 spiro atoms. The first-order valence-corrected chi connectivity index (χ1v) is 8.73. The van der Waals surface area contributed by atoms with Crippen LogP contribution >= 0.6 is 0 Å². The zero-order valence-corrected chi connectivity index (χ0v) is 13.8. The predicted molar refractivity (Wildman–Crippen MR) is 89.4 cm³/mol. The minimum Gasteiger partial charge on any atom is -0.335 e. The minimum absolute atomic E-state index is 0.132. The minimum atomic E-state index is 0.132. The lowest BCUT2D eigenvalue weighted by atomic mass is 9.83. The summed E-state index contributed by atoms with van der Waals surface area (Å²) in [6.45, 7) is 7.20. The van der Waals surface area contributed by atoms with Gasteiger partial charge in [-0.05, 0) is 50.3 Å². The largest absolute Gasteiger partial charge is 0.335 e. The second kappa shape index (κ2) is 6.82. The smallest absolute Gasteiger partial charge is 0.226 e. The van der Waals surface area contributed by atoms with Gasteiger partial charge < -0.3 is 10.2 Å². The Bertz CT molecular complexity index is 493. The van der Waals surface area contributed by atoms with Crippen LogP contribution in [0.2, 0.25) is 0 Å². The van der Waals surface area contributed by atoms with Crippen LogP contribution in [-0.2, 0) is 4.79 Å². The highest BCUT2D eigenvalue weighted by molar-refractivity contribution is 5.79. The summed E-state index contributed by atoms with van der Waals surface area (Å²) in [7, 11) is 0. The van der Waals surface area contributed by atoms with Gasteiger partial charge in [0.25, 0.3) is 0 Å². The maximum atomic E-state index is 13.1. The van der Waals surface area contributed by atoms with Crippen LogP contribution < -0.4 is 5.32 Å². The third-order valence-electron chi connectivity index (χ3n) is 5.62. The maximum absolute atomic E-state index is 13.1. The zero-order valence-electron chi connectivity index (χ0n) is 13.8. The summed E-state index contributed by atoms with van der Waals surface area (Å²) in [5.41, 5.74) is 1.24. The molecule has 1 saturated heterocycles. The van der Waals surface area contributed by atoms with E-state index in [1.165, 1.54) is 24.8 Å². The fourth-order valence-electron chi connectivity index (χ4n) is 3.43. The molecule has 1 amide bonds. The van der Waals surface area contributed by atoms with Crippen LogP contribution in [0.3, 0.4) is 0 Å². The monoisotopic (exact) mass is 300 g/mol. The number of nitrogens with zero attached hydrogens (tertiary/aromatic N) is 1. The van der Waals surface area contributed by atoms with E-state index in [4.69, 9.17) is 0 Å². The van der Waals surface area contributed by atoms with Crippen molar-refractivity contribution >= 4 is 5.91 Å². The van der Waals surface area contributed by atoms with Crippen molar-refractivity contribution in [1.29, 1.82) is 0 Å². The van der Waals surface area contributed by atoms with Gasteiger partial charge in [0.15, 0.2) is 0 Å². The van der Waals surface area contributed by atoms with Crippen LogP contribution in [0.4, 0.5) is 0 Å². The van der Waals surface area contributed by atoms with Gasteiger partial charge in [-0.1, -0.05) is 43.7 Å². The summed E-state index contributed by atoms with van der Waals surface area (Å²) in [5.74, 6) is 1.70. The second-order valence-electron chi connectivity index (χ2n) is 7.08. The van der Waals surface area contributed by atoms with Crippen LogP contribution in [0.25, 0.3) is 0 Å². The number of benzene rings is 1. The van der Waals surface area contributed by atoms with E-state index in [0.717, 1.165) is 19.6 Å². The molecule has 1 aromatic rings. The van der Waals surface area contributed by atoms with Crippen LogP contribution in [0.5, 0.6) is 0 Å². The highest BCUT2D eigenvalue weighted by Gasteiger charge is 2.35. The molecule has 0 radical (unpaired) electrons. The summed E-state index contributed by atoms with van der Waals surface area (Å²) in [5, 5.41) is 3.29. The Morgan fingerprint density at radius 2 is 1.91 bits per heavy atom. The van der Waals surface area contributed by atoms with Crippen molar-refractivity contribution < 1.29 is 4.79 Å². The number of rotatable bonds is 6. The van der Waals surface area contributed by atoms with Gasteiger partial charge in [-0.15, -0.1) is 0 Å². The molecule has 120 valence electrons. The average molecular weight is 300 g/mol. The highest BCUT2D eigenvalue weighted by atomic mass is 16.2. The van der Waals surface area contributed by atoms with Crippen molar-refractivity contribution in [2.75, 3.05) is 19.6 Å². The molecule has 1 N–H and O–H groups in total. The molecule has 1 aliphatic carbocycles. The van der Waals surface area contributed by atoms with E-state index >= 15 is 0 Å². The summed E-state index contributed by atoms with van der Waals surface area (Å²) < 4.78 is 0. The van der Waals surface area contributed by atoms with Crippen molar-refractivity contribution in [3.05, 3.63) is 35.9 Å². The first kappa shape index (κ1) is 15.5. The van der Waals surface area contributed by atoms with Crippen molar-refractivity contribution in [1.82, 2.24) is 10.2 Å². The molecular formula is C19H28N2O. The fourth-order valence-corrected chi connectivity index (χ4v) is 3.43. The topological polar surface area (TPSA) is 32.3 Å². The Labute approximate surface area is 134 Å². The van der Waals surface area contributed by atoms with E-state index in [1.807, 2.05) is 6.07 Å². The van der Waals surface area contributed by atoms with Crippen molar-refractivity contribution in [2.24, 2.45) is 17.8 Å². The highest BCUT2D eigenvalue weighted by Crippen LogP contribution is 2.32. The van der Waals surface area contributed by atoms with Gasteiger partial charge in [-0.25, -0.2) is 0 Å². The standard InChI is InChI=1S/C19H28N2O/c1-14(18-11-20-12-18)19(22)21(13-16-7-6-8-16)15(2)17-9-4-3-5-10-17/h3-5,9-10,14-16,18,20H,6-8,11-13H2,1-2H3. The molecule has 2 aliphatic rings. The Morgan fingerprint density at radius 3 is 2.41 bits per heavy atom. The molecule has 0 aromatic heterocycles. The van der Waals surface area contributed by atoms with E-state index < -0.39 is 0 Å². The summed E-state index contributed by atoms with van der Waals surface area (Å²) in [6.07, 6.45) is 3.89. The van der Waals surface area contributed by atoms with E-state index in [9.17, 15) is 4.79 Å². The molecule has 3 nitrogen and oxygen atoms in total. The van der Waals surface area contributed by atoms with Crippen LogP contribution in [-0.4, -0.2) is 30.4 Å². The SMILES string of the molecule is CC(C(=O)N(CC1CCC1)C(C)c1ccccc1)C1CNC1. The van der Waals surface area contributed by atoms with Crippen molar-refractivity contribution in [2.45, 2.75) is 39.2 Å². The number of carbonyl (C=O) groups is 1. The molecule has 3 rings (SSSR count). The van der Waals surface area contributed by atoms with E-state index in [2.05, 4.69) is 48.3 Å². The van der Waals surface area contributed by atoms with E-state index in [-0.39, 0.29) is 12.0 Å². The quantitative estimate of drug-likeness (QED) is 0.875. The summed E-state index contributed by atoms with van der Waals surface area (Å²) in [4.78, 5) is 15.2. The van der Waals surface area contributed by atoms with Gasteiger partial charge in [0, 0.05) is 12.5 Å². The maximum Gasteiger partial charge on any atom is 0.226 e. The lowest BCUT2D eigenvalue weighted by Gasteiger charge is -2.40. The van der Waals surface area contributed by atoms with Crippen LogP contribution in [0.15, 0.2) is 30.3 Å². The number of carbonyl (C=O) groups excluding carboxylic acids is 1. The Balaban J connectivity index is 1.74. The first-order chi connectivity index (χ1) is 10.7. The second-order valence-corrected chi connectivity index (χ2v) is 7.08. The molecular weight excluding hydrogens is 272 g/mol. The van der Waals surface area contributed by atoms with E-state index in [0.29, 0.717) is 17.7 Å². The van der Waals surface area contributed by atoms with Gasteiger partial charge in [-0.2, -0.15) is 0 Å². The molecule has 1 aliphatic heterocycles. The van der Waals surface area contributed by atoms with Gasteiger partial charge >= 0.3 is 0 Å². The third-order valence-corrected chi connectivity index (χ3v) is 5.62. The average Bonchev–Trinajstić information content (AvgIpc) is 2.44. The molecule has 2 atom stereocenters. The van der Waals surface area contributed by atoms with Gasteiger partial charge in [0.05, 0.1) is 6.04 Å². The molecule has 0 bridgehead atoms. The molecule has 3 heteroatoms.